The number of para-hydroxylation sites is 2. The number of alkyl halides is 3. The van der Waals surface area contributed by atoms with E-state index in [2.05, 4.69) is 129 Å². The molecule has 0 aliphatic carbocycles. The fourth-order valence-electron chi connectivity index (χ4n) is 7.84. The Morgan fingerprint density at radius 2 is 0.792 bits per heavy atom. The van der Waals surface area contributed by atoms with Gasteiger partial charge in [-0.1, -0.05) is 106 Å². The lowest BCUT2D eigenvalue weighted by Crippen LogP contribution is -2.13. The smallest absolute Gasteiger partial charge is 0.310 e. The topological polar surface area (TPSA) is 6.48 Å². The van der Waals surface area contributed by atoms with Crippen LogP contribution in [0, 0.1) is 6.92 Å². The molecule has 0 saturated heterocycles. The van der Waals surface area contributed by atoms with Crippen molar-refractivity contribution in [3.63, 3.8) is 0 Å². The molecule has 5 heteroatoms. The van der Waals surface area contributed by atoms with E-state index in [9.17, 15) is 13.2 Å². The molecule has 0 heterocycles. The molecule has 0 aromatic heterocycles. The molecular formula is C48H41F3N2. The minimum Gasteiger partial charge on any atom is -0.310 e. The summed E-state index contributed by atoms with van der Waals surface area (Å²) in [5.41, 5.74) is 8.68. The van der Waals surface area contributed by atoms with Gasteiger partial charge in [-0.25, -0.2) is 0 Å². The molecule has 0 unspecified atom stereocenters. The van der Waals surface area contributed by atoms with Crippen molar-refractivity contribution in [3.8, 4) is 0 Å². The van der Waals surface area contributed by atoms with Crippen LogP contribution in [0.2, 0.25) is 0 Å². The van der Waals surface area contributed by atoms with Gasteiger partial charge in [-0.15, -0.1) is 0 Å². The van der Waals surface area contributed by atoms with Crippen LogP contribution in [0.3, 0.4) is 0 Å². The molecule has 0 spiro atoms. The van der Waals surface area contributed by atoms with Gasteiger partial charge in [0.15, 0.2) is 0 Å². The van der Waals surface area contributed by atoms with Crippen LogP contribution in [0.5, 0.6) is 0 Å². The summed E-state index contributed by atoms with van der Waals surface area (Å²) in [6, 6.07) is 48.3. The third-order valence-electron chi connectivity index (χ3n) is 10.4. The highest BCUT2D eigenvalue weighted by atomic mass is 19.4. The molecule has 0 bridgehead atoms. The monoisotopic (exact) mass is 702 g/mol. The van der Waals surface area contributed by atoms with Gasteiger partial charge in [-0.3, -0.25) is 0 Å². The lowest BCUT2D eigenvalue weighted by molar-refractivity contribution is -0.137. The molecule has 8 aromatic carbocycles. The van der Waals surface area contributed by atoms with E-state index in [-0.39, 0.29) is 11.8 Å². The van der Waals surface area contributed by atoms with Crippen LogP contribution in [0.4, 0.5) is 47.3 Å². The number of aryl methyl sites for hydroxylation is 1. The van der Waals surface area contributed by atoms with Crippen LogP contribution in [0.15, 0.2) is 146 Å². The van der Waals surface area contributed by atoms with Crippen molar-refractivity contribution in [1.82, 2.24) is 0 Å². The number of nitrogens with zero attached hydrogens (tertiary/aromatic N) is 2. The number of benzene rings is 8. The summed E-state index contributed by atoms with van der Waals surface area (Å²) in [5, 5.41) is 6.93. The second kappa shape index (κ2) is 13.3. The molecule has 0 amide bonds. The van der Waals surface area contributed by atoms with Gasteiger partial charge in [0, 0.05) is 33.5 Å². The predicted molar refractivity (Wildman–Crippen MR) is 217 cm³/mol. The van der Waals surface area contributed by atoms with Gasteiger partial charge >= 0.3 is 6.18 Å². The zero-order chi connectivity index (χ0) is 37.0. The van der Waals surface area contributed by atoms with Crippen LogP contribution >= 0.6 is 0 Å². The molecule has 8 rings (SSSR count). The van der Waals surface area contributed by atoms with Crippen molar-refractivity contribution in [2.75, 3.05) is 9.80 Å². The maximum Gasteiger partial charge on any atom is 0.416 e. The summed E-state index contributed by atoms with van der Waals surface area (Å²) in [6.45, 7) is 11.0. The zero-order valence-corrected chi connectivity index (χ0v) is 30.5. The van der Waals surface area contributed by atoms with E-state index in [1.807, 2.05) is 36.4 Å². The second-order valence-corrected chi connectivity index (χ2v) is 14.6. The number of hydrogen-bond acceptors (Lipinski definition) is 2. The van der Waals surface area contributed by atoms with Gasteiger partial charge in [0.2, 0.25) is 0 Å². The molecule has 0 saturated carbocycles. The molecule has 8 aromatic rings. The third-order valence-corrected chi connectivity index (χ3v) is 10.4. The summed E-state index contributed by atoms with van der Waals surface area (Å²) < 4.78 is 41.2. The van der Waals surface area contributed by atoms with E-state index < -0.39 is 11.7 Å². The fourth-order valence-corrected chi connectivity index (χ4v) is 7.84. The predicted octanol–water partition coefficient (Wildman–Crippen LogP) is 15.1. The molecule has 2 nitrogen and oxygen atoms in total. The van der Waals surface area contributed by atoms with Crippen LogP contribution < -0.4 is 9.80 Å². The van der Waals surface area contributed by atoms with Gasteiger partial charge in [0.25, 0.3) is 0 Å². The van der Waals surface area contributed by atoms with Crippen molar-refractivity contribution in [2.24, 2.45) is 0 Å². The summed E-state index contributed by atoms with van der Waals surface area (Å²) in [5.74, 6) is 0.423. The number of rotatable bonds is 8. The third kappa shape index (κ3) is 6.04. The maximum absolute atomic E-state index is 13.7. The molecule has 0 aliphatic rings. The molecule has 264 valence electrons. The van der Waals surface area contributed by atoms with Crippen molar-refractivity contribution in [1.29, 1.82) is 0 Å². The molecule has 53 heavy (non-hydrogen) atoms. The van der Waals surface area contributed by atoms with Gasteiger partial charge in [-0.05, 0) is 124 Å². The van der Waals surface area contributed by atoms with Crippen LogP contribution in [0.25, 0.3) is 32.3 Å². The first kappa shape index (κ1) is 34.3. The zero-order valence-electron chi connectivity index (χ0n) is 30.5. The second-order valence-electron chi connectivity index (χ2n) is 14.6. The average Bonchev–Trinajstić information content (AvgIpc) is 3.16. The largest absolute Gasteiger partial charge is 0.416 e. The van der Waals surface area contributed by atoms with Gasteiger partial charge in [-0.2, -0.15) is 13.2 Å². The van der Waals surface area contributed by atoms with Gasteiger partial charge in [0.05, 0.1) is 16.9 Å². The molecule has 0 fully saturated rings. The minimum atomic E-state index is -4.42. The SMILES string of the molecule is Cc1ccc(N(c2ccccc2)c2cc(C(C)C)c3ccc4c(N(c5ccccc5)c5ccc(C(F)(F)F)cc5)cc(C(C)C)c5ccc2c3c54)cc1. The summed E-state index contributed by atoms with van der Waals surface area (Å²) >= 11 is 0. The normalized spacial score (nSPS) is 12.1. The van der Waals surface area contributed by atoms with E-state index in [4.69, 9.17) is 0 Å². The van der Waals surface area contributed by atoms with E-state index in [1.54, 1.807) is 12.1 Å². The quantitative estimate of drug-likeness (QED) is 0.145. The molecular weight excluding hydrogens is 662 g/mol. The van der Waals surface area contributed by atoms with Crippen molar-refractivity contribution in [2.45, 2.75) is 52.6 Å². The Morgan fingerprint density at radius 1 is 0.434 bits per heavy atom. The molecule has 0 atom stereocenters. The van der Waals surface area contributed by atoms with Crippen LogP contribution in [-0.4, -0.2) is 0 Å². The number of hydrogen-bond donors (Lipinski definition) is 0. The number of halogens is 3. The Balaban J connectivity index is 1.49. The van der Waals surface area contributed by atoms with Gasteiger partial charge < -0.3 is 9.80 Å². The highest BCUT2D eigenvalue weighted by Crippen LogP contribution is 2.51. The summed E-state index contributed by atoms with van der Waals surface area (Å²) in [4.78, 5) is 4.46. The first-order valence-corrected chi connectivity index (χ1v) is 18.2. The lowest BCUT2D eigenvalue weighted by atomic mass is 9.84. The van der Waals surface area contributed by atoms with Crippen LogP contribution in [-0.2, 0) is 6.18 Å². The van der Waals surface area contributed by atoms with Crippen molar-refractivity contribution >= 4 is 66.4 Å². The van der Waals surface area contributed by atoms with E-state index >= 15 is 0 Å². The number of anilines is 6. The fraction of sp³-hybridized carbons (Fsp3) is 0.167. The maximum atomic E-state index is 13.7. The Morgan fingerprint density at radius 3 is 1.17 bits per heavy atom. The standard InChI is InChI=1S/C48H41F3N2/c1-30(2)42-28-44(52(34-12-8-6-9-13-34)36-20-16-32(5)17-21-36)40-26-24-39-43(31(3)4)29-45(41-27-25-38(42)46(40)47(39)41)53(35-14-10-7-11-15-35)37-22-18-33(19-23-37)48(49,50)51/h6-31H,1-5H3. The van der Waals surface area contributed by atoms with Crippen molar-refractivity contribution in [3.05, 3.63) is 168 Å². The first-order chi connectivity index (χ1) is 25.5. The summed E-state index contributed by atoms with van der Waals surface area (Å²) in [6.07, 6.45) is -4.42. The Kier molecular flexibility index (Phi) is 8.61. The minimum absolute atomic E-state index is 0.181. The average molecular weight is 703 g/mol. The summed E-state index contributed by atoms with van der Waals surface area (Å²) in [7, 11) is 0. The van der Waals surface area contributed by atoms with E-state index in [0.717, 1.165) is 44.6 Å². The molecule has 0 N–H and O–H groups in total. The molecule has 0 radical (unpaired) electrons. The lowest BCUT2D eigenvalue weighted by Gasteiger charge is -2.31. The Bertz CT molecular complexity index is 2540. The van der Waals surface area contributed by atoms with Crippen molar-refractivity contribution < 1.29 is 13.2 Å². The van der Waals surface area contributed by atoms with E-state index in [1.165, 1.54) is 45.0 Å². The highest BCUT2D eigenvalue weighted by Gasteiger charge is 2.31. The van der Waals surface area contributed by atoms with E-state index in [0.29, 0.717) is 5.69 Å². The highest BCUT2D eigenvalue weighted by molar-refractivity contribution is 6.29. The van der Waals surface area contributed by atoms with Crippen LogP contribution in [0.1, 0.15) is 61.8 Å². The van der Waals surface area contributed by atoms with Gasteiger partial charge in [0.1, 0.15) is 0 Å². The first-order valence-electron chi connectivity index (χ1n) is 18.2. The Hall–Kier alpha value is -5.81. The Labute approximate surface area is 309 Å². The molecule has 0 aliphatic heterocycles.